The largest absolute Gasteiger partial charge is 0.481 e. The molecule has 4 nitrogen and oxygen atoms in total. The van der Waals surface area contributed by atoms with E-state index < -0.39 is 6.10 Å². The van der Waals surface area contributed by atoms with Crippen LogP contribution in [-0.4, -0.2) is 42.6 Å². The molecule has 1 fully saturated rings. The molecule has 0 aromatic heterocycles. The van der Waals surface area contributed by atoms with E-state index in [0.29, 0.717) is 0 Å². The van der Waals surface area contributed by atoms with Crippen LogP contribution >= 0.6 is 0 Å². The van der Waals surface area contributed by atoms with Gasteiger partial charge in [0.2, 0.25) is 0 Å². The van der Waals surface area contributed by atoms with Gasteiger partial charge in [0.05, 0.1) is 0 Å². The van der Waals surface area contributed by atoms with Crippen LogP contribution in [-0.2, 0) is 4.79 Å². The highest BCUT2D eigenvalue weighted by molar-refractivity contribution is 5.81. The monoisotopic (exact) mass is 304 g/mol. The van der Waals surface area contributed by atoms with Crippen molar-refractivity contribution in [1.82, 2.24) is 10.2 Å². The fourth-order valence-corrected chi connectivity index (χ4v) is 2.81. The number of hydrogen-bond donors (Lipinski definition) is 1. The molecule has 0 saturated carbocycles. The van der Waals surface area contributed by atoms with Gasteiger partial charge in [-0.3, -0.25) is 4.79 Å². The van der Waals surface area contributed by atoms with E-state index in [4.69, 9.17) is 4.74 Å². The van der Waals surface area contributed by atoms with Gasteiger partial charge >= 0.3 is 0 Å². The SMILES string of the molecule is CCCN1CCC(NC(=O)[C@@H](C)Oc2ccc(C)cc2)CC1. The molecular formula is C18H28N2O2. The van der Waals surface area contributed by atoms with E-state index in [-0.39, 0.29) is 11.9 Å². The van der Waals surface area contributed by atoms with Crippen molar-refractivity contribution < 1.29 is 9.53 Å². The minimum atomic E-state index is -0.462. The number of likely N-dealkylation sites (tertiary alicyclic amines) is 1. The number of nitrogens with one attached hydrogen (secondary N) is 1. The van der Waals surface area contributed by atoms with Crippen molar-refractivity contribution in [3.8, 4) is 5.75 Å². The van der Waals surface area contributed by atoms with Crippen LogP contribution in [0.4, 0.5) is 0 Å². The van der Waals surface area contributed by atoms with Gasteiger partial charge in [-0.05, 0) is 51.8 Å². The van der Waals surface area contributed by atoms with Crippen LogP contribution in [0.2, 0.25) is 0 Å². The maximum absolute atomic E-state index is 12.2. The van der Waals surface area contributed by atoms with E-state index in [0.717, 1.165) is 38.2 Å². The van der Waals surface area contributed by atoms with Crippen molar-refractivity contribution in [3.63, 3.8) is 0 Å². The molecule has 1 atom stereocenters. The standard InChI is InChI=1S/C18H28N2O2/c1-4-11-20-12-9-16(10-13-20)19-18(21)15(3)22-17-7-5-14(2)6-8-17/h5-8,15-16H,4,9-13H2,1-3H3,(H,19,21)/t15-/m1/s1. The second kappa shape index (κ2) is 8.18. The summed E-state index contributed by atoms with van der Waals surface area (Å²) in [4.78, 5) is 14.7. The second-order valence-electron chi connectivity index (χ2n) is 6.20. The van der Waals surface area contributed by atoms with Gasteiger partial charge in [0.25, 0.3) is 5.91 Å². The van der Waals surface area contributed by atoms with Gasteiger partial charge < -0.3 is 15.0 Å². The van der Waals surface area contributed by atoms with Crippen LogP contribution in [0.5, 0.6) is 5.75 Å². The molecule has 1 amide bonds. The summed E-state index contributed by atoms with van der Waals surface area (Å²) in [5.74, 6) is 0.723. The number of ether oxygens (including phenoxy) is 1. The summed E-state index contributed by atoms with van der Waals surface area (Å²) in [5.41, 5.74) is 1.18. The number of aryl methyl sites for hydroxylation is 1. The molecule has 0 bridgehead atoms. The van der Waals surface area contributed by atoms with Crippen molar-refractivity contribution in [2.24, 2.45) is 0 Å². The highest BCUT2D eigenvalue weighted by Gasteiger charge is 2.23. The predicted octanol–water partition coefficient (Wildman–Crippen LogP) is 2.75. The highest BCUT2D eigenvalue weighted by Crippen LogP contribution is 2.14. The molecule has 1 aliphatic rings. The average molecular weight is 304 g/mol. The van der Waals surface area contributed by atoms with Crippen LogP contribution in [0.3, 0.4) is 0 Å². The Hall–Kier alpha value is -1.55. The molecule has 1 N–H and O–H groups in total. The van der Waals surface area contributed by atoms with Gasteiger partial charge in [-0.2, -0.15) is 0 Å². The average Bonchev–Trinajstić information content (AvgIpc) is 2.51. The molecule has 122 valence electrons. The minimum absolute atomic E-state index is 0.0190. The molecule has 0 unspecified atom stereocenters. The normalized spacial score (nSPS) is 18.0. The maximum atomic E-state index is 12.2. The zero-order valence-electron chi connectivity index (χ0n) is 14.0. The molecule has 1 heterocycles. The van der Waals surface area contributed by atoms with Gasteiger partial charge in [0, 0.05) is 19.1 Å². The van der Waals surface area contributed by atoms with Crippen molar-refractivity contribution >= 4 is 5.91 Å². The Morgan fingerprint density at radius 2 is 1.95 bits per heavy atom. The number of hydrogen-bond acceptors (Lipinski definition) is 3. The predicted molar refractivity (Wildman–Crippen MR) is 89.2 cm³/mol. The van der Waals surface area contributed by atoms with Gasteiger partial charge in [0.1, 0.15) is 5.75 Å². The summed E-state index contributed by atoms with van der Waals surface area (Å²) >= 11 is 0. The van der Waals surface area contributed by atoms with Crippen LogP contribution in [0.15, 0.2) is 24.3 Å². The van der Waals surface area contributed by atoms with Crippen molar-refractivity contribution in [2.45, 2.75) is 52.2 Å². The maximum Gasteiger partial charge on any atom is 0.260 e. The lowest BCUT2D eigenvalue weighted by Gasteiger charge is -2.32. The fraction of sp³-hybridized carbons (Fsp3) is 0.611. The first-order chi connectivity index (χ1) is 10.6. The minimum Gasteiger partial charge on any atom is -0.481 e. The van der Waals surface area contributed by atoms with Crippen molar-refractivity contribution in [1.29, 1.82) is 0 Å². The molecule has 1 aliphatic heterocycles. The lowest BCUT2D eigenvalue weighted by Crippen LogP contribution is -2.48. The lowest BCUT2D eigenvalue weighted by molar-refractivity contribution is -0.128. The first-order valence-electron chi connectivity index (χ1n) is 8.34. The number of carbonyl (C=O) groups excluding carboxylic acids is 1. The molecule has 1 saturated heterocycles. The van der Waals surface area contributed by atoms with E-state index in [1.165, 1.54) is 12.0 Å². The molecule has 2 rings (SSSR count). The van der Waals surface area contributed by atoms with Crippen LogP contribution in [0.1, 0.15) is 38.7 Å². The van der Waals surface area contributed by atoms with E-state index >= 15 is 0 Å². The number of nitrogens with zero attached hydrogens (tertiary/aromatic N) is 1. The zero-order chi connectivity index (χ0) is 15.9. The third-order valence-electron chi connectivity index (χ3n) is 4.18. The lowest BCUT2D eigenvalue weighted by atomic mass is 10.0. The van der Waals surface area contributed by atoms with Crippen molar-refractivity contribution in [2.75, 3.05) is 19.6 Å². The van der Waals surface area contributed by atoms with E-state index in [1.807, 2.05) is 31.2 Å². The zero-order valence-corrected chi connectivity index (χ0v) is 14.0. The summed E-state index contributed by atoms with van der Waals surface area (Å²) in [5, 5.41) is 3.12. The second-order valence-corrected chi connectivity index (χ2v) is 6.20. The van der Waals surface area contributed by atoms with Gasteiger partial charge in [-0.1, -0.05) is 24.6 Å². The summed E-state index contributed by atoms with van der Waals surface area (Å²) < 4.78 is 5.71. The van der Waals surface area contributed by atoms with Gasteiger partial charge in [-0.25, -0.2) is 0 Å². The summed E-state index contributed by atoms with van der Waals surface area (Å²) in [6, 6.07) is 8.07. The Morgan fingerprint density at radius 1 is 1.32 bits per heavy atom. The molecule has 0 spiro atoms. The number of piperidine rings is 1. The number of rotatable bonds is 6. The van der Waals surface area contributed by atoms with Gasteiger partial charge in [-0.15, -0.1) is 0 Å². The molecule has 1 aromatic rings. The molecular weight excluding hydrogens is 276 g/mol. The quantitative estimate of drug-likeness (QED) is 0.878. The fourth-order valence-electron chi connectivity index (χ4n) is 2.81. The smallest absolute Gasteiger partial charge is 0.260 e. The molecule has 1 aromatic carbocycles. The Bertz CT molecular complexity index is 464. The Kier molecular flexibility index (Phi) is 6.25. The summed E-state index contributed by atoms with van der Waals surface area (Å²) in [6.45, 7) is 9.36. The van der Waals surface area contributed by atoms with E-state index in [1.54, 1.807) is 6.92 Å². The number of amides is 1. The third kappa shape index (κ3) is 5.02. The van der Waals surface area contributed by atoms with Crippen LogP contribution < -0.4 is 10.1 Å². The third-order valence-corrected chi connectivity index (χ3v) is 4.18. The number of benzene rings is 1. The van der Waals surface area contributed by atoms with Crippen LogP contribution in [0, 0.1) is 6.92 Å². The molecule has 22 heavy (non-hydrogen) atoms. The van der Waals surface area contributed by atoms with Crippen LogP contribution in [0.25, 0.3) is 0 Å². The first-order valence-corrected chi connectivity index (χ1v) is 8.34. The Balaban J connectivity index is 1.76. The van der Waals surface area contributed by atoms with Crippen molar-refractivity contribution in [3.05, 3.63) is 29.8 Å². The summed E-state index contributed by atoms with van der Waals surface area (Å²) in [6.07, 6.45) is 2.79. The van der Waals surface area contributed by atoms with E-state index in [2.05, 4.69) is 17.1 Å². The molecule has 0 aliphatic carbocycles. The summed E-state index contributed by atoms with van der Waals surface area (Å²) in [7, 11) is 0. The first kappa shape index (κ1) is 16.8. The van der Waals surface area contributed by atoms with Gasteiger partial charge in [0.15, 0.2) is 6.10 Å². The Morgan fingerprint density at radius 3 is 2.55 bits per heavy atom. The topological polar surface area (TPSA) is 41.6 Å². The highest BCUT2D eigenvalue weighted by atomic mass is 16.5. The van der Waals surface area contributed by atoms with E-state index in [9.17, 15) is 4.79 Å². The number of carbonyl (C=O) groups is 1. The Labute approximate surface area is 133 Å². The molecule has 0 radical (unpaired) electrons. The molecule has 4 heteroatoms.